The normalized spacial score (nSPS) is 10.7. The number of hydrogen-bond acceptors (Lipinski definition) is 2. The number of hydrogen-bond donors (Lipinski definition) is 1. The van der Waals surface area contributed by atoms with Crippen LogP contribution in [0.3, 0.4) is 0 Å². The molecule has 2 nitrogen and oxygen atoms in total. The molecule has 2 aromatic carbocycles. The first-order valence-electron chi connectivity index (χ1n) is 5.64. The zero-order valence-electron chi connectivity index (χ0n) is 9.60. The molecule has 1 aromatic heterocycles. The van der Waals surface area contributed by atoms with E-state index in [0.29, 0.717) is 5.69 Å². The fraction of sp³-hybridized carbons (Fsp3) is 0. The third-order valence-electron chi connectivity index (χ3n) is 2.97. The Labute approximate surface area is 104 Å². The summed E-state index contributed by atoms with van der Waals surface area (Å²) in [5, 5.41) is 2.10. The third-order valence-corrected chi connectivity index (χ3v) is 2.97. The highest BCUT2D eigenvalue weighted by atomic mass is 19.1. The molecule has 0 aliphatic carbocycles. The molecule has 1 heterocycles. The molecule has 0 fully saturated rings. The second-order valence-corrected chi connectivity index (χ2v) is 4.14. The van der Waals surface area contributed by atoms with Crippen molar-refractivity contribution in [2.75, 3.05) is 5.73 Å². The smallest absolute Gasteiger partial charge is 0.125 e. The van der Waals surface area contributed by atoms with E-state index in [-0.39, 0.29) is 5.82 Å². The van der Waals surface area contributed by atoms with Gasteiger partial charge in [-0.2, -0.15) is 0 Å². The lowest BCUT2D eigenvalue weighted by atomic mass is 10.00. The van der Waals surface area contributed by atoms with Gasteiger partial charge in [0.15, 0.2) is 0 Å². The highest BCUT2D eigenvalue weighted by molar-refractivity contribution is 5.98. The SMILES string of the molecule is Nc1cc(F)ccc1-c1cncc2ccccc12. The summed E-state index contributed by atoms with van der Waals surface area (Å²) in [6.07, 6.45) is 3.56. The lowest BCUT2D eigenvalue weighted by Gasteiger charge is -2.08. The summed E-state index contributed by atoms with van der Waals surface area (Å²) in [5.41, 5.74) is 8.03. The second kappa shape index (κ2) is 4.11. The van der Waals surface area contributed by atoms with E-state index in [1.165, 1.54) is 12.1 Å². The zero-order chi connectivity index (χ0) is 12.5. The molecule has 2 N–H and O–H groups in total. The van der Waals surface area contributed by atoms with Gasteiger partial charge in [0.1, 0.15) is 5.82 Å². The molecule has 88 valence electrons. The number of anilines is 1. The highest BCUT2D eigenvalue weighted by Gasteiger charge is 2.07. The molecule has 0 radical (unpaired) electrons. The minimum absolute atomic E-state index is 0.329. The third kappa shape index (κ3) is 1.70. The summed E-state index contributed by atoms with van der Waals surface area (Å²) in [5.74, 6) is -0.329. The lowest BCUT2D eigenvalue weighted by Crippen LogP contribution is -1.92. The molecular formula is C15H11FN2. The van der Waals surface area contributed by atoms with Gasteiger partial charge in [-0.1, -0.05) is 24.3 Å². The minimum atomic E-state index is -0.329. The number of rotatable bonds is 1. The predicted octanol–water partition coefficient (Wildman–Crippen LogP) is 3.62. The first-order chi connectivity index (χ1) is 8.75. The van der Waals surface area contributed by atoms with Crippen LogP contribution in [0.2, 0.25) is 0 Å². The summed E-state index contributed by atoms with van der Waals surface area (Å²) in [7, 11) is 0. The molecule has 0 aliphatic heterocycles. The van der Waals surface area contributed by atoms with Crippen molar-refractivity contribution in [2.45, 2.75) is 0 Å². The van der Waals surface area contributed by atoms with Crippen molar-refractivity contribution in [1.29, 1.82) is 0 Å². The molecule has 0 saturated heterocycles. The Morgan fingerprint density at radius 2 is 1.78 bits per heavy atom. The molecule has 3 heteroatoms. The maximum atomic E-state index is 13.1. The van der Waals surface area contributed by atoms with Gasteiger partial charge in [0.25, 0.3) is 0 Å². The number of nitrogens with two attached hydrogens (primary N) is 1. The van der Waals surface area contributed by atoms with Gasteiger partial charge in [-0.3, -0.25) is 4.98 Å². The predicted molar refractivity (Wildman–Crippen MR) is 71.5 cm³/mol. The van der Waals surface area contributed by atoms with Gasteiger partial charge >= 0.3 is 0 Å². The van der Waals surface area contributed by atoms with Crippen LogP contribution in [0.1, 0.15) is 0 Å². The van der Waals surface area contributed by atoms with Crippen molar-refractivity contribution in [2.24, 2.45) is 0 Å². The van der Waals surface area contributed by atoms with Crippen LogP contribution in [-0.2, 0) is 0 Å². The van der Waals surface area contributed by atoms with E-state index >= 15 is 0 Å². The molecule has 0 unspecified atom stereocenters. The topological polar surface area (TPSA) is 38.9 Å². The minimum Gasteiger partial charge on any atom is -0.398 e. The average molecular weight is 238 g/mol. The van der Waals surface area contributed by atoms with E-state index in [0.717, 1.165) is 21.9 Å². The molecule has 0 atom stereocenters. The summed E-state index contributed by atoms with van der Waals surface area (Å²) in [4.78, 5) is 4.20. The Morgan fingerprint density at radius 3 is 2.61 bits per heavy atom. The molecule has 0 aliphatic rings. The average Bonchev–Trinajstić information content (AvgIpc) is 2.38. The number of aromatic nitrogens is 1. The van der Waals surface area contributed by atoms with Crippen molar-refractivity contribution in [3.8, 4) is 11.1 Å². The molecular weight excluding hydrogens is 227 g/mol. The Bertz CT molecular complexity index is 717. The van der Waals surface area contributed by atoms with Crippen molar-refractivity contribution < 1.29 is 4.39 Å². The maximum absolute atomic E-state index is 13.1. The van der Waals surface area contributed by atoms with Gasteiger partial charge in [0.2, 0.25) is 0 Å². The number of benzene rings is 2. The fourth-order valence-corrected chi connectivity index (χ4v) is 2.11. The van der Waals surface area contributed by atoms with Crippen LogP contribution in [0, 0.1) is 5.82 Å². The van der Waals surface area contributed by atoms with E-state index in [4.69, 9.17) is 5.73 Å². The molecule has 0 spiro atoms. The molecule has 0 bridgehead atoms. The Morgan fingerprint density at radius 1 is 0.944 bits per heavy atom. The first kappa shape index (κ1) is 10.7. The number of pyridine rings is 1. The second-order valence-electron chi connectivity index (χ2n) is 4.14. The van der Waals surface area contributed by atoms with Crippen LogP contribution in [0.25, 0.3) is 21.9 Å². The largest absolute Gasteiger partial charge is 0.398 e. The lowest BCUT2D eigenvalue weighted by molar-refractivity contribution is 0.628. The van der Waals surface area contributed by atoms with Gasteiger partial charge in [-0.25, -0.2) is 4.39 Å². The van der Waals surface area contributed by atoms with Crippen molar-refractivity contribution >= 4 is 16.5 Å². The Hall–Kier alpha value is -2.42. The summed E-state index contributed by atoms with van der Waals surface area (Å²) in [6, 6.07) is 12.4. The number of fused-ring (bicyclic) bond motifs is 1. The van der Waals surface area contributed by atoms with Crippen LogP contribution in [0.5, 0.6) is 0 Å². The Balaban J connectivity index is 2.31. The molecule has 18 heavy (non-hydrogen) atoms. The number of halogens is 1. The monoisotopic (exact) mass is 238 g/mol. The van der Waals surface area contributed by atoms with Gasteiger partial charge in [-0.15, -0.1) is 0 Å². The fourth-order valence-electron chi connectivity index (χ4n) is 2.11. The zero-order valence-corrected chi connectivity index (χ0v) is 9.60. The molecule has 3 aromatic rings. The van der Waals surface area contributed by atoms with Crippen LogP contribution in [0.15, 0.2) is 54.9 Å². The number of nitrogen functional groups attached to an aromatic ring is 1. The van der Waals surface area contributed by atoms with Crippen LogP contribution < -0.4 is 5.73 Å². The van der Waals surface area contributed by atoms with Gasteiger partial charge < -0.3 is 5.73 Å². The highest BCUT2D eigenvalue weighted by Crippen LogP contribution is 2.31. The van der Waals surface area contributed by atoms with E-state index in [9.17, 15) is 4.39 Å². The standard InChI is InChI=1S/C15H11FN2/c16-11-5-6-13(15(17)7-11)14-9-18-8-10-3-1-2-4-12(10)14/h1-9H,17H2. The van der Waals surface area contributed by atoms with Crippen LogP contribution >= 0.6 is 0 Å². The number of nitrogens with zero attached hydrogens (tertiary/aromatic N) is 1. The van der Waals surface area contributed by atoms with Crippen molar-refractivity contribution in [3.05, 3.63) is 60.7 Å². The molecule has 0 amide bonds. The van der Waals surface area contributed by atoms with E-state index in [1.54, 1.807) is 18.5 Å². The van der Waals surface area contributed by atoms with E-state index in [2.05, 4.69) is 4.98 Å². The van der Waals surface area contributed by atoms with Crippen LogP contribution in [0.4, 0.5) is 10.1 Å². The maximum Gasteiger partial charge on any atom is 0.125 e. The summed E-state index contributed by atoms with van der Waals surface area (Å²) >= 11 is 0. The van der Waals surface area contributed by atoms with Crippen LogP contribution in [-0.4, -0.2) is 4.98 Å². The van der Waals surface area contributed by atoms with Crippen molar-refractivity contribution in [1.82, 2.24) is 4.98 Å². The van der Waals surface area contributed by atoms with Gasteiger partial charge in [0.05, 0.1) is 0 Å². The van der Waals surface area contributed by atoms with E-state index in [1.807, 2.05) is 24.3 Å². The summed E-state index contributed by atoms with van der Waals surface area (Å²) < 4.78 is 13.1. The van der Waals surface area contributed by atoms with E-state index < -0.39 is 0 Å². The molecule has 3 rings (SSSR count). The molecule has 0 saturated carbocycles. The van der Waals surface area contributed by atoms with Gasteiger partial charge in [0, 0.05) is 34.6 Å². The first-order valence-corrected chi connectivity index (χ1v) is 5.64. The quantitative estimate of drug-likeness (QED) is 0.657. The summed E-state index contributed by atoms with van der Waals surface area (Å²) in [6.45, 7) is 0. The van der Waals surface area contributed by atoms with Crippen molar-refractivity contribution in [3.63, 3.8) is 0 Å². The van der Waals surface area contributed by atoms with Gasteiger partial charge in [-0.05, 0) is 23.6 Å². The Kier molecular flexibility index (Phi) is 2.45.